The average molecular weight is 259 g/mol. The van der Waals surface area contributed by atoms with Gasteiger partial charge in [0.15, 0.2) is 0 Å². The number of aryl methyl sites for hydroxylation is 1. The van der Waals surface area contributed by atoms with Gasteiger partial charge in [0.2, 0.25) is 0 Å². The van der Waals surface area contributed by atoms with E-state index in [4.69, 9.17) is 4.74 Å². The van der Waals surface area contributed by atoms with Crippen molar-refractivity contribution in [2.75, 3.05) is 37.7 Å². The molecule has 2 aliphatic rings. The molecule has 3 heterocycles. The fourth-order valence-electron chi connectivity index (χ4n) is 2.76. The Hall–Kier alpha value is -1.42. The Bertz CT molecular complexity index is 478. The van der Waals surface area contributed by atoms with Crippen LogP contribution in [0.15, 0.2) is 17.3 Å². The minimum Gasteiger partial charge on any atom is -0.378 e. The van der Waals surface area contributed by atoms with Gasteiger partial charge < -0.3 is 9.64 Å². The molecule has 3 rings (SSSR count). The van der Waals surface area contributed by atoms with E-state index >= 15 is 0 Å². The Labute approximate surface area is 114 Å². The van der Waals surface area contributed by atoms with Gasteiger partial charge in [0.05, 0.1) is 13.2 Å². The minimum atomic E-state index is 0.801. The van der Waals surface area contributed by atoms with E-state index in [0.29, 0.717) is 0 Å². The lowest BCUT2D eigenvalue weighted by atomic mass is 10.0. The first-order valence-electron chi connectivity index (χ1n) is 7.17. The molecule has 0 atom stereocenters. The lowest BCUT2D eigenvalue weighted by Gasteiger charge is -2.29. The van der Waals surface area contributed by atoms with Gasteiger partial charge in [-0.15, -0.1) is 0 Å². The number of rotatable bonds is 2. The Morgan fingerprint density at radius 2 is 2.05 bits per heavy atom. The molecule has 0 spiro atoms. The van der Waals surface area contributed by atoms with Crippen molar-refractivity contribution in [3.63, 3.8) is 0 Å². The monoisotopic (exact) mass is 259 g/mol. The van der Waals surface area contributed by atoms with Crippen molar-refractivity contribution in [3.8, 4) is 0 Å². The number of aliphatic imine (C=N–C) groups is 1. The quantitative estimate of drug-likeness (QED) is 0.817. The molecule has 1 saturated heterocycles. The molecule has 0 aromatic carbocycles. The zero-order valence-corrected chi connectivity index (χ0v) is 11.6. The molecule has 0 radical (unpaired) electrons. The molecule has 0 N–H and O–H groups in total. The summed E-state index contributed by atoms with van der Waals surface area (Å²) in [6.45, 7) is 6.59. The summed E-state index contributed by atoms with van der Waals surface area (Å²) < 4.78 is 5.39. The maximum atomic E-state index is 5.39. The highest BCUT2D eigenvalue weighted by Gasteiger charge is 2.16. The third kappa shape index (κ3) is 2.78. The number of pyridine rings is 1. The Morgan fingerprint density at radius 3 is 2.74 bits per heavy atom. The van der Waals surface area contributed by atoms with E-state index in [-0.39, 0.29) is 0 Å². The van der Waals surface area contributed by atoms with Crippen molar-refractivity contribution in [1.82, 2.24) is 4.98 Å². The molecule has 4 nitrogen and oxygen atoms in total. The predicted molar refractivity (Wildman–Crippen MR) is 77.3 cm³/mol. The van der Waals surface area contributed by atoms with Crippen molar-refractivity contribution < 1.29 is 4.74 Å². The SMILES string of the molecule is Cc1cc(C2=NCCCC2)cnc1N1CCOCC1. The molecule has 0 unspecified atom stereocenters. The van der Waals surface area contributed by atoms with Gasteiger partial charge in [0, 0.05) is 37.1 Å². The standard InChI is InChI=1S/C15H21N3O/c1-12-10-13(14-4-2-3-5-16-14)11-17-15(12)18-6-8-19-9-7-18/h10-11H,2-9H2,1H3. The van der Waals surface area contributed by atoms with Crippen molar-refractivity contribution in [2.45, 2.75) is 26.2 Å². The van der Waals surface area contributed by atoms with Gasteiger partial charge in [0.25, 0.3) is 0 Å². The fourth-order valence-corrected chi connectivity index (χ4v) is 2.76. The molecule has 19 heavy (non-hydrogen) atoms. The molecule has 1 fully saturated rings. The van der Waals surface area contributed by atoms with Crippen LogP contribution in [0, 0.1) is 6.92 Å². The molecular weight excluding hydrogens is 238 g/mol. The molecule has 0 saturated carbocycles. The summed E-state index contributed by atoms with van der Waals surface area (Å²) in [4.78, 5) is 11.6. The van der Waals surface area contributed by atoms with Gasteiger partial charge in [-0.05, 0) is 37.8 Å². The highest BCUT2D eigenvalue weighted by atomic mass is 16.5. The summed E-state index contributed by atoms with van der Waals surface area (Å²) in [5.41, 5.74) is 3.68. The van der Waals surface area contributed by atoms with Crippen LogP contribution in [0.4, 0.5) is 5.82 Å². The number of ether oxygens (including phenoxy) is 1. The van der Waals surface area contributed by atoms with Crippen LogP contribution < -0.4 is 4.90 Å². The second-order valence-corrected chi connectivity index (χ2v) is 5.25. The van der Waals surface area contributed by atoms with E-state index in [1.165, 1.54) is 29.7 Å². The number of morpholine rings is 1. The van der Waals surface area contributed by atoms with Crippen LogP contribution in [0.25, 0.3) is 0 Å². The molecule has 0 amide bonds. The maximum absolute atomic E-state index is 5.39. The highest BCUT2D eigenvalue weighted by molar-refractivity contribution is 6.01. The first-order chi connectivity index (χ1) is 9.34. The van der Waals surface area contributed by atoms with E-state index < -0.39 is 0 Å². The summed E-state index contributed by atoms with van der Waals surface area (Å²) in [5, 5.41) is 0. The van der Waals surface area contributed by atoms with Crippen LogP contribution in [0.1, 0.15) is 30.4 Å². The van der Waals surface area contributed by atoms with Crippen molar-refractivity contribution in [1.29, 1.82) is 0 Å². The molecule has 1 aromatic rings. The Morgan fingerprint density at radius 1 is 1.21 bits per heavy atom. The zero-order valence-electron chi connectivity index (χ0n) is 11.6. The summed E-state index contributed by atoms with van der Waals surface area (Å²) >= 11 is 0. The Kier molecular flexibility index (Phi) is 3.78. The van der Waals surface area contributed by atoms with Gasteiger partial charge in [-0.1, -0.05) is 0 Å². The lowest BCUT2D eigenvalue weighted by Crippen LogP contribution is -2.37. The molecular formula is C15H21N3O. The van der Waals surface area contributed by atoms with Crippen molar-refractivity contribution in [2.24, 2.45) is 4.99 Å². The normalized spacial score (nSPS) is 20.3. The van der Waals surface area contributed by atoms with E-state index in [1.807, 2.05) is 6.20 Å². The van der Waals surface area contributed by atoms with Crippen LogP contribution >= 0.6 is 0 Å². The Balaban J connectivity index is 1.82. The summed E-state index contributed by atoms with van der Waals surface area (Å²) in [7, 11) is 0. The van der Waals surface area contributed by atoms with E-state index in [9.17, 15) is 0 Å². The number of anilines is 1. The van der Waals surface area contributed by atoms with Gasteiger partial charge in [0.1, 0.15) is 5.82 Å². The molecule has 4 heteroatoms. The lowest BCUT2D eigenvalue weighted by molar-refractivity contribution is 0.122. The third-order valence-electron chi connectivity index (χ3n) is 3.82. The van der Waals surface area contributed by atoms with E-state index in [0.717, 1.165) is 45.1 Å². The predicted octanol–water partition coefficient (Wildman–Crippen LogP) is 2.20. The first-order valence-corrected chi connectivity index (χ1v) is 7.17. The van der Waals surface area contributed by atoms with Crippen molar-refractivity contribution >= 4 is 11.5 Å². The van der Waals surface area contributed by atoms with Crippen LogP contribution in [-0.2, 0) is 4.74 Å². The molecule has 1 aromatic heterocycles. The zero-order chi connectivity index (χ0) is 13.1. The largest absolute Gasteiger partial charge is 0.378 e. The summed E-state index contributed by atoms with van der Waals surface area (Å²) in [5.74, 6) is 1.10. The third-order valence-corrected chi connectivity index (χ3v) is 3.82. The number of nitrogens with zero attached hydrogens (tertiary/aromatic N) is 3. The molecule has 102 valence electrons. The van der Waals surface area contributed by atoms with Crippen LogP contribution in [-0.4, -0.2) is 43.5 Å². The van der Waals surface area contributed by atoms with E-state index in [2.05, 4.69) is 27.9 Å². The van der Waals surface area contributed by atoms with Crippen LogP contribution in [0.2, 0.25) is 0 Å². The number of hydrogen-bond donors (Lipinski definition) is 0. The van der Waals surface area contributed by atoms with Crippen LogP contribution in [0.5, 0.6) is 0 Å². The van der Waals surface area contributed by atoms with Gasteiger partial charge in [-0.25, -0.2) is 4.98 Å². The molecule has 2 aliphatic heterocycles. The van der Waals surface area contributed by atoms with Crippen LogP contribution in [0.3, 0.4) is 0 Å². The van der Waals surface area contributed by atoms with E-state index in [1.54, 1.807) is 0 Å². The molecule has 0 aliphatic carbocycles. The fraction of sp³-hybridized carbons (Fsp3) is 0.600. The maximum Gasteiger partial charge on any atom is 0.131 e. The molecule has 0 bridgehead atoms. The second kappa shape index (κ2) is 5.70. The summed E-state index contributed by atoms with van der Waals surface area (Å²) in [6, 6.07) is 2.24. The summed E-state index contributed by atoms with van der Waals surface area (Å²) in [6.07, 6.45) is 5.56. The average Bonchev–Trinajstić information content (AvgIpc) is 2.49. The highest BCUT2D eigenvalue weighted by Crippen LogP contribution is 2.21. The number of aromatic nitrogens is 1. The van der Waals surface area contributed by atoms with Gasteiger partial charge in [-0.2, -0.15) is 0 Å². The minimum absolute atomic E-state index is 0.801. The second-order valence-electron chi connectivity index (χ2n) is 5.25. The topological polar surface area (TPSA) is 37.7 Å². The first kappa shape index (κ1) is 12.6. The van der Waals surface area contributed by atoms with Gasteiger partial charge in [-0.3, -0.25) is 4.99 Å². The number of hydrogen-bond acceptors (Lipinski definition) is 4. The smallest absolute Gasteiger partial charge is 0.131 e. The van der Waals surface area contributed by atoms with Gasteiger partial charge >= 0.3 is 0 Å². The van der Waals surface area contributed by atoms with Crippen molar-refractivity contribution in [3.05, 3.63) is 23.4 Å².